The average molecular weight is 241 g/mol. The summed E-state index contributed by atoms with van der Waals surface area (Å²) >= 11 is 1.39. The van der Waals surface area contributed by atoms with Crippen LogP contribution in [0.3, 0.4) is 0 Å². The number of aliphatic hydroxyl groups is 1. The van der Waals surface area contributed by atoms with Crippen LogP contribution in [0.4, 0.5) is 0 Å². The molecule has 1 aromatic rings. The quantitative estimate of drug-likeness (QED) is 0.786. The Morgan fingerprint density at radius 1 is 1.38 bits per heavy atom. The molecule has 1 aliphatic carbocycles. The molecule has 1 heterocycles. The number of nitrogens with one attached hydrogen (secondary N) is 1. The summed E-state index contributed by atoms with van der Waals surface area (Å²) in [7, 11) is 0. The lowest BCUT2D eigenvalue weighted by molar-refractivity contribution is 0.181. The van der Waals surface area contributed by atoms with Gasteiger partial charge in [0.15, 0.2) is 0 Å². The van der Waals surface area contributed by atoms with Crippen molar-refractivity contribution in [3.05, 3.63) is 11.1 Å². The van der Waals surface area contributed by atoms with E-state index in [1.807, 2.05) is 5.38 Å². The van der Waals surface area contributed by atoms with Gasteiger partial charge in [0.2, 0.25) is 0 Å². The van der Waals surface area contributed by atoms with Gasteiger partial charge in [-0.05, 0) is 30.3 Å². The van der Waals surface area contributed by atoms with Gasteiger partial charge in [-0.3, -0.25) is 0 Å². The molecule has 2 rings (SSSR count). The molecule has 4 nitrogen and oxygen atoms in total. The van der Waals surface area contributed by atoms with Crippen LogP contribution in [-0.4, -0.2) is 27.3 Å². The monoisotopic (exact) mass is 241 g/mol. The van der Waals surface area contributed by atoms with Crippen molar-refractivity contribution in [2.75, 3.05) is 6.61 Å². The van der Waals surface area contributed by atoms with E-state index in [9.17, 15) is 5.11 Å². The van der Waals surface area contributed by atoms with Crippen LogP contribution in [0.1, 0.15) is 37.8 Å². The van der Waals surface area contributed by atoms with Crippen molar-refractivity contribution in [2.24, 2.45) is 5.92 Å². The van der Waals surface area contributed by atoms with Gasteiger partial charge in [0.05, 0.1) is 5.69 Å². The SMILES string of the molecule is OCC1CCCCCC1NCc1csnn1. The van der Waals surface area contributed by atoms with Crippen molar-refractivity contribution in [2.45, 2.75) is 44.7 Å². The van der Waals surface area contributed by atoms with Gasteiger partial charge < -0.3 is 10.4 Å². The minimum absolute atomic E-state index is 0.299. The van der Waals surface area contributed by atoms with Gasteiger partial charge in [0, 0.05) is 24.6 Å². The van der Waals surface area contributed by atoms with Crippen molar-refractivity contribution in [3.8, 4) is 0 Å². The van der Waals surface area contributed by atoms with Gasteiger partial charge in [-0.2, -0.15) is 0 Å². The third kappa shape index (κ3) is 3.23. The highest BCUT2D eigenvalue weighted by Crippen LogP contribution is 2.23. The van der Waals surface area contributed by atoms with Crippen LogP contribution in [0.5, 0.6) is 0 Å². The van der Waals surface area contributed by atoms with Gasteiger partial charge >= 0.3 is 0 Å². The first-order valence-corrected chi connectivity index (χ1v) is 6.84. The molecule has 90 valence electrons. The Labute approximate surface area is 100 Å². The zero-order valence-corrected chi connectivity index (χ0v) is 10.2. The number of hydrogen-bond donors (Lipinski definition) is 2. The molecule has 0 bridgehead atoms. The minimum atomic E-state index is 0.299. The van der Waals surface area contributed by atoms with Crippen LogP contribution in [0.25, 0.3) is 0 Å². The maximum atomic E-state index is 9.38. The van der Waals surface area contributed by atoms with Gasteiger partial charge in [-0.15, -0.1) is 5.10 Å². The van der Waals surface area contributed by atoms with Crippen LogP contribution in [0.2, 0.25) is 0 Å². The van der Waals surface area contributed by atoms with Gasteiger partial charge in [-0.1, -0.05) is 23.8 Å². The molecule has 0 radical (unpaired) electrons. The molecule has 5 heteroatoms. The molecule has 2 atom stereocenters. The van der Waals surface area contributed by atoms with E-state index < -0.39 is 0 Å². The topological polar surface area (TPSA) is 58.0 Å². The van der Waals surface area contributed by atoms with Crippen LogP contribution < -0.4 is 5.32 Å². The summed E-state index contributed by atoms with van der Waals surface area (Å²) in [6.45, 7) is 1.07. The lowest BCUT2D eigenvalue weighted by Crippen LogP contribution is -2.36. The minimum Gasteiger partial charge on any atom is -0.396 e. The Morgan fingerprint density at radius 3 is 3.00 bits per heavy atom. The first-order valence-electron chi connectivity index (χ1n) is 6.00. The summed E-state index contributed by atoms with van der Waals surface area (Å²) in [6.07, 6.45) is 6.13. The number of nitrogens with zero attached hydrogens (tertiary/aromatic N) is 2. The fourth-order valence-electron chi connectivity index (χ4n) is 2.37. The predicted molar refractivity (Wildman–Crippen MR) is 64.2 cm³/mol. The number of rotatable bonds is 4. The second kappa shape index (κ2) is 6.27. The molecule has 1 fully saturated rings. The Kier molecular flexibility index (Phi) is 4.69. The zero-order valence-electron chi connectivity index (χ0n) is 9.43. The predicted octanol–water partition coefficient (Wildman–Crippen LogP) is 1.57. The van der Waals surface area contributed by atoms with Crippen LogP contribution in [0.15, 0.2) is 5.38 Å². The smallest absolute Gasteiger partial charge is 0.0893 e. The van der Waals surface area contributed by atoms with E-state index in [1.54, 1.807) is 0 Å². The normalized spacial score (nSPS) is 26.6. The van der Waals surface area contributed by atoms with Gasteiger partial charge in [0.25, 0.3) is 0 Å². The number of aromatic nitrogens is 2. The zero-order chi connectivity index (χ0) is 11.2. The Balaban J connectivity index is 1.85. The van der Waals surface area contributed by atoms with Crippen molar-refractivity contribution < 1.29 is 5.11 Å². The van der Waals surface area contributed by atoms with Gasteiger partial charge in [-0.25, -0.2) is 0 Å². The molecule has 1 aromatic heterocycles. The van der Waals surface area contributed by atoms with Crippen molar-refractivity contribution >= 4 is 11.5 Å². The molecule has 2 unspecified atom stereocenters. The largest absolute Gasteiger partial charge is 0.396 e. The molecular weight excluding hydrogens is 222 g/mol. The van der Waals surface area contributed by atoms with Crippen LogP contribution >= 0.6 is 11.5 Å². The lowest BCUT2D eigenvalue weighted by Gasteiger charge is -2.24. The summed E-state index contributed by atoms with van der Waals surface area (Å²) in [6, 6.07) is 0.439. The Morgan fingerprint density at radius 2 is 2.25 bits per heavy atom. The summed E-state index contributed by atoms with van der Waals surface area (Å²) < 4.78 is 3.85. The molecule has 0 aliphatic heterocycles. The van der Waals surface area contributed by atoms with E-state index in [4.69, 9.17) is 0 Å². The molecule has 0 amide bonds. The summed E-state index contributed by atoms with van der Waals surface area (Å²) in [5.41, 5.74) is 1.01. The molecule has 0 saturated heterocycles. The fraction of sp³-hybridized carbons (Fsp3) is 0.818. The van der Waals surface area contributed by atoms with E-state index in [1.165, 1.54) is 37.2 Å². The maximum absolute atomic E-state index is 9.38. The Hall–Kier alpha value is -0.520. The average Bonchev–Trinajstić information content (AvgIpc) is 2.71. The van der Waals surface area contributed by atoms with Crippen LogP contribution in [-0.2, 0) is 6.54 Å². The summed E-state index contributed by atoms with van der Waals surface area (Å²) in [4.78, 5) is 0. The second-order valence-corrected chi connectivity index (χ2v) is 5.07. The fourth-order valence-corrected chi connectivity index (χ4v) is 2.82. The standard InChI is InChI=1S/C11H19N3OS/c15-7-9-4-2-1-3-5-11(9)12-6-10-8-16-14-13-10/h8-9,11-12,15H,1-7H2. The third-order valence-corrected chi connectivity index (χ3v) is 3.90. The highest BCUT2D eigenvalue weighted by molar-refractivity contribution is 7.03. The molecule has 1 saturated carbocycles. The maximum Gasteiger partial charge on any atom is 0.0893 e. The van der Waals surface area contributed by atoms with Crippen molar-refractivity contribution in [3.63, 3.8) is 0 Å². The number of hydrogen-bond acceptors (Lipinski definition) is 5. The van der Waals surface area contributed by atoms with Crippen LogP contribution in [0, 0.1) is 5.92 Å². The van der Waals surface area contributed by atoms with E-state index in [0.717, 1.165) is 18.7 Å². The first kappa shape index (κ1) is 12.0. The summed E-state index contributed by atoms with van der Waals surface area (Å²) in [5, 5.41) is 18.9. The van der Waals surface area contributed by atoms with Crippen molar-refractivity contribution in [1.29, 1.82) is 0 Å². The summed E-state index contributed by atoms with van der Waals surface area (Å²) in [5.74, 6) is 0.411. The van der Waals surface area contributed by atoms with Crippen molar-refractivity contribution in [1.82, 2.24) is 14.9 Å². The molecule has 2 N–H and O–H groups in total. The molecule has 1 aliphatic rings. The molecule has 0 spiro atoms. The van der Waals surface area contributed by atoms with E-state index >= 15 is 0 Å². The first-order chi connectivity index (χ1) is 7.90. The molecular formula is C11H19N3OS. The van der Waals surface area contributed by atoms with E-state index in [2.05, 4.69) is 14.9 Å². The lowest BCUT2D eigenvalue weighted by atomic mass is 9.95. The second-order valence-electron chi connectivity index (χ2n) is 4.46. The Bertz CT molecular complexity index is 291. The highest BCUT2D eigenvalue weighted by atomic mass is 32.1. The molecule has 0 aromatic carbocycles. The third-order valence-electron chi connectivity index (χ3n) is 3.34. The molecule has 16 heavy (non-hydrogen) atoms. The van der Waals surface area contributed by atoms with Gasteiger partial charge in [0.1, 0.15) is 0 Å². The number of aliphatic hydroxyl groups excluding tert-OH is 1. The van der Waals surface area contributed by atoms with E-state index in [-0.39, 0.29) is 0 Å². The highest BCUT2D eigenvalue weighted by Gasteiger charge is 2.22. The van der Waals surface area contributed by atoms with E-state index in [0.29, 0.717) is 18.6 Å².